The van der Waals surface area contributed by atoms with Crippen LogP contribution in [0.15, 0.2) is 24.3 Å². The fourth-order valence-corrected chi connectivity index (χ4v) is 2.97. The Bertz CT molecular complexity index is 450. The van der Waals surface area contributed by atoms with Crippen molar-refractivity contribution in [3.63, 3.8) is 0 Å². The maximum Gasteiger partial charge on any atom is 0.239 e. The predicted molar refractivity (Wildman–Crippen MR) is 77.9 cm³/mol. The molecule has 1 aromatic carbocycles. The molecule has 0 fully saturated rings. The standard InChI is InChI=1S/C15H20BrNO/c1-15(2,16)14(18)17(3)13-10-6-8-11-7-4-5-9-12(11)13/h4-5,7,9,13H,6,8,10H2,1-3H3. The minimum Gasteiger partial charge on any atom is -0.338 e. The third kappa shape index (κ3) is 2.61. The first-order chi connectivity index (χ1) is 8.41. The van der Waals surface area contributed by atoms with Gasteiger partial charge in [-0.25, -0.2) is 0 Å². The number of hydrogen-bond donors (Lipinski definition) is 0. The Hall–Kier alpha value is -0.830. The summed E-state index contributed by atoms with van der Waals surface area (Å²) in [5, 5.41) is 0. The van der Waals surface area contributed by atoms with Crippen LogP contribution >= 0.6 is 15.9 Å². The Kier molecular flexibility index (Phi) is 3.81. The average molecular weight is 310 g/mol. The van der Waals surface area contributed by atoms with E-state index in [-0.39, 0.29) is 11.9 Å². The van der Waals surface area contributed by atoms with Gasteiger partial charge in [0.15, 0.2) is 0 Å². The topological polar surface area (TPSA) is 20.3 Å². The minimum absolute atomic E-state index is 0.143. The highest BCUT2D eigenvalue weighted by Gasteiger charge is 2.33. The lowest BCUT2D eigenvalue weighted by Crippen LogP contribution is -2.42. The third-order valence-corrected chi connectivity index (χ3v) is 3.97. The van der Waals surface area contributed by atoms with E-state index >= 15 is 0 Å². The molecule has 18 heavy (non-hydrogen) atoms. The van der Waals surface area contributed by atoms with E-state index in [0.717, 1.165) is 19.3 Å². The van der Waals surface area contributed by atoms with Crippen LogP contribution in [-0.4, -0.2) is 22.2 Å². The van der Waals surface area contributed by atoms with Crippen LogP contribution in [0.1, 0.15) is 43.9 Å². The van der Waals surface area contributed by atoms with E-state index in [1.165, 1.54) is 11.1 Å². The van der Waals surface area contributed by atoms with Crippen LogP contribution in [0.25, 0.3) is 0 Å². The molecule has 0 heterocycles. The van der Waals surface area contributed by atoms with E-state index in [4.69, 9.17) is 0 Å². The van der Waals surface area contributed by atoms with Crippen LogP contribution in [0, 0.1) is 0 Å². The van der Waals surface area contributed by atoms with Gasteiger partial charge in [0.1, 0.15) is 0 Å². The van der Waals surface area contributed by atoms with E-state index in [0.29, 0.717) is 0 Å². The number of nitrogens with zero attached hydrogens (tertiary/aromatic N) is 1. The van der Waals surface area contributed by atoms with Crippen LogP contribution in [0.3, 0.4) is 0 Å². The van der Waals surface area contributed by atoms with Crippen molar-refractivity contribution in [1.82, 2.24) is 4.90 Å². The maximum atomic E-state index is 12.4. The van der Waals surface area contributed by atoms with Crippen molar-refractivity contribution >= 4 is 21.8 Å². The summed E-state index contributed by atoms with van der Waals surface area (Å²) >= 11 is 3.46. The second-order valence-electron chi connectivity index (χ2n) is 5.50. The van der Waals surface area contributed by atoms with Crippen LogP contribution < -0.4 is 0 Å². The van der Waals surface area contributed by atoms with Gasteiger partial charge in [-0.3, -0.25) is 4.79 Å². The molecule has 0 radical (unpaired) electrons. The van der Waals surface area contributed by atoms with Gasteiger partial charge in [-0.05, 0) is 44.2 Å². The molecule has 0 saturated carbocycles. The minimum atomic E-state index is -0.492. The van der Waals surface area contributed by atoms with Gasteiger partial charge in [0, 0.05) is 7.05 Å². The molecule has 1 atom stereocenters. The summed E-state index contributed by atoms with van der Waals surface area (Å²) in [5.41, 5.74) is 2.71. The van der Waals surface area contributed by atoms with Gasteiger partial charge in [0.25, 0.3) is 0 Å². The zero-order chi connectivity index (χ0) is 13.3. The molecular formula is C15H20BrNO. The SMILES string of the molecule is CN(C(=O)C(C)(C)Br)C1CCCc2ccccc21. The van der Waals surface area contributed by atoms with Gasteiger partial charge in [-0.2, -0.15) is 0 Å². The van der Waals surface area contributed by atoms with Crippen molar-refractivity contribution in [2.75, 3.05) is 7.05 Å². The number of carbonyl (C=O) groups excluding carboxylic acids is 1. The molecule has 0 N–H and O–H groups in total. The zero-order valence-corrected chi connectivity index (χ0v) is 12.8. The summed E-state index contributed by atoms with van der Waals surface area (Å²) in [5.74, 6) is 0.143. The van der Waals surface area contributed by atoms with Crippen molar-refractivity contribution < 1.29 is 4.79 Å². The largest absolute Gasteiger partial charge is 0.338 e. The van der Waals surface area contributed by atoms with Crippen LogP contribution in [0.2, 0.25) is 0 Å². The first kappa shape index (κ1) is 13.6. The molecule has 2 nitrogen and oxygen atoms in total. The van der Waals surface area contributed by atoms with Gasteiger partial charge in [0.2, 0.25) is 5.91 Å². The van der Waals surface area contributed by atoms with E-state index in [2.05, 4.69) is 40.2 Å². The lowest BCUT2D eigenvalue weighted by atomic mass is 9.86. The summed E-state index contributed by atoms with van der Waals surface area (Å²) in [4.78, 5) is 14.2. The van der Waals surface area contributed by atoms with Crippen molar-refractivity contribution in [2.45, 2.75) is 43.5 Å². The molecular weight excluding hydrogens is 290 g/mol. The van der Waals surface area contributed by atoms with Crippen molar-refractivity contribution in [2.24, 2.45) is 0 Å². The summed E-state index contributed by atoms with van der Waals surface area (Å²) in [6.45, 7) is 3.81. The Morgan fingerprint density at radius 2 is 2.06 bits per heavy atom. The lowest BCUT2D eigenvalue weighted by Gasteiger charge is -2.36. The van der Waals surface area contributed by atoms with Crippen molar-refractivity contribution in [3.8, 4) is 0 Å². The molecule has 98 valence electrons. The Morgan fingerprint density at radius 1 is 1.39 bits per heavy atom. The monoisotopic (exact) mass is 309 g/mol. The number of benzene rings is 1. The van der Waals surface area contributed by atoms with Gasteiger partial charge >= 0.3 is 0 Å². The van der Waals surface area contributed by atoms with Gasteiger partial charge in [-0.15, -0.1) is 0 Å². The van der Waals surface area contributed by atoms with Gasteiger partial charge in [0.05, 0.1) is 10.4 Å². The molecule has 2 rings (SSSR count). The maximum absolute atomic E-state index is 12.4. The number of hydrogen-bond acceptors (Lipinski definition) is 1. The normalized spacial score (nSPS) is 19.2. The molecule has 0 aromatic heterocycles. The smallest absolute Gasteiger partial charge is 0.239 e. The number of amides is 1. The highest BCUT2D eigenvalue weighted by Crippen LogP contribution is 2.35. The van der Waals surface area contributed by atoms with Crippen LogP contribution in [0.5, 0.6) is 0 Å². The number of alkyl halides is 1. The van der Waals surface area contributed by atoms with E-state index in [1.807, 2.05) is 25.8 Å². The van der Waals surface area contributed by atoms with E-state index in [9.17, 15) is 4.79 Å². The molecule has 1 aliphatic rings. The summed E-state index contributed by atoms with van der Waals surface area (Å²) in [6.07, 6.45) is 3.34. The Balaban J connectivity index is 2.28. The molecule has 0 saturated heterocycles. The summed E-state index contributed by atoms with van der Waals surface area (Å²) in [6, 6.07) is 8.70. The molecule has 0 bridgehead atoms. The molecule has 1 aliphatic carbocycles. The molecule has 3 heteroatoms. The molecule has 1 unspecified atom stereocenters. The third-order valence-electron chi connectivity index (χ3n) is 3.63. The lowest BCUT2D eigenvalue weighted by molar-refractivity contribution is -0.134. The predicted octanol–water partition coefficient (Wildman–Crippen LogP) is 3.70. The number of fused-ring (bicyclic) bond motifs is 1. The zero-order valence-electron chi connectivity index (χ0n) is 11.2. The van der Waals surface area contributed by atoms with Gasteiger partial charge in [-0.1, -0.05) is 40.2 Å². The first-order valence-electron chi connectivity index (χ1n) is 6.45. The summed E-state index contributed by atoms with van der Waals surface area (Å²) < 4.78 is -0.492. The number of halogens is 1. The highest BCUT2D eigenvalue weighted by molar-refractivity contribution is 9.10. The molecule has 1 aromatic rings. The molecule has 0 spiro atoms. The Labute approximate surface area is 117 Å². The quantitative estimate of drug-likeness (QED) is 0.763. The second kappa shape index (κ2) is 5.04. The number of rotatable bonds is 2. The highest BCUT2D eigenvalue weighted by atomic mass is 79.9. The molecule has 1 amide bonds. The fourth-order valence-electron chi connectivity index (χ4n) is 2.69. The summed E-state index contributed by atoms with van der Waals surface area (Å²) in [7, 11) is 1.91. The fraction of sp³-hybridized carbons (Fsp3) is 0.533. The number of aryl methyl sites for hydroxylation is 1. The number of carbonyl (C=O) groups is 1. The van der Waals surface area contributed by atoms with Crippen LogP contribution in [-0.2, 0) is 11.2 Å². The Morgan fingerprint density at radius 3 is 2.72 bits per heavy atom. The van der Waals surface area contributed by atoms with E-state index < -0.39 is 4.32 Å². The van der Waals surface area contributed by atoms with Gasteiger partial charge < -0.3 is 4.90 Å². The second-order valence-corrected chi connectivity index (χ2v) is 7.48. The van der Waals surface area contributed by atoms with E-state index in [1.54, 1.807) is 0 Å². The first-order valence-corrected chi connectivity index (χ1v) is 7.24. The van der Waals surface area contributed by atoms with Crippen molar-refractivity contribution in [3.05, 3.63) is 35.4 Å². The average Bonchev–Trinajstić information content (AvgIpc) is 2.35. The van der Waals surface area contributed by atoms with Crippen molar-refractivity contribution in [1.29, 1.82) is 0 Å². The van der Waals surface area contributed by atoms with Crippen LogP contribution in [0.4, 0.5) is 0 Å². The molecule has 0 aliphatic heterocycles.